The minimum Gasteiger partial charge on any atom is -0.387 e. The van der Waals surface area contributed by atoms with Gasteiger partial charge in [-0.15, -0.1) is 0 Å². The molecule has 2 aromatic carbocycles. The maximum Gasteiger partial charge on any atom is 0.285 e. The van der Waals surface area contributed by atoms with Crippen LogP contribution in [0.25, 0.3) is 0 Å². The molecular weight excluding hydrogens is 320 g/mol. The highest BCUT2D eigenvalue weighted by molar-refractivity contribution is 6.31. The Bertz CT molecular complexity index is 749. The van der Waals surface area contributed by atoms with E-state index in [1.807, 2.05) is 0 Å². The highest BCUT2D eigenvalue weighted by atomic mass is 35.5. The van der Waals surface area contributed by atoms with Crippen molar-refractivity contribution in [2.24, 2.45) is 0 Å². The van der Waals surface area contributed by atoms with Gasteiger partial charge in [-0.1, -0.05) is 41.9 Å². The van der Waals surface area contributed by atoms with Crippen molar-refractivity contribution in [2.75, 3.05) is 6.54 Å². The Hall–Kier alpha value is -2.44. The Balaban J connectivity index is 2.13. The lowest BCUT2D eigenvalue weighted by molar-refractivity contribution is -0.385. The number of nitro groups is 1. The fraction of sp³-hybridized carbons (Fsp3) is 0.188. The normalized spacial score (nSPS) is 11.8. The largest absolute Gasteiger partial charge is 0.387 e. The van der Waals surface area contributed by atoms with E-state index in [1.54, 1.807) is 43.3 Å². The number of halogens is 1. The van der Waals surface area contributed by atoms with Crippen molar-refractivity contribution in [2.45, 2.75) is 13.0 Å². The number of nitro benzene ring substituents is 1. The Morgan fingerprint density at radius 1 is 1.30 bits per heavy atom. The number of nitrogens with one attached hydrogen (secondary N) is 1. The maximum absolute atomic E-state index is 12.2. The number of aliphatic hydroxyl groups excluding tert-OH is 1. The summed E-state index contributed by atoms with van der Waals surface area (Å²) in [6, 6.07) is 11.2. The third-order valence-corrected chi connectivity index (χ3v) is 3.73. The quantitative estimate of drug-likeness (QED) is 0.649. The fourth-order valence-electron chi connectivity index (χ4n) is 2.22. The van der Waals surface area contributed by atoms with Gasteiger partial charge in [0.25, 0.3) is 11.6 Å². The van der Waals surface area contributed by atoms with E-state index in [9.17, 15) is 20.0 Å². The maximum atomic E-state index is 12.2. The molecule has 0 aliphatic rings. The van der Waals surface area contributed by atoms with Gasteiger partial charge in [0.05, 0.1) is 11.0 Å². The first-order valence-corrected chi connectivity index (χ1v) is 7.24. The Labute approximate surface area is 137 Å². The van der Waals surface area contributed by atoms with Gasteiger partial charge in [0.15, 0.2) is 0 Å². The summed E-state index contributed by atoms with van der Waals surface area (Å²) in [7, 11) is 0. The van der Waals surface area contributed by atoms with Crippen LogP contribution in [-0.2, 0) is 0 Å². The molecule has 2 rings (SSSR count). The summed E-state index contributed by atoms with van der Waals surface area (Å²) >= 11 is 5.98. The van der Waals surface area contributed by atoms with Crippen molar-refractivity contribution in [3.05, 3.63) is 74.3 Å². The number of para-hydroxylation sites is 1. The summed E-state index contributed by atoms with van der Waals surface area (Å²) in [6.45, 7) is 1.46. The number of rotatable bonds is 5. The number of amides is 1. The van der Waals surface area contributed by atoms with Gasteiger partial charge in [0, 0.05) is 22.7 Å². The van der Waals surface area contributed by atoms with Crippen molar-refractivity contribution >= 4 is 23.2 Å². The zero-order valence-electron chi connectivity index (χ0n) is 12.3. The van der Waals surface area contributed by atoms with Gasteiger partial charge in [-0.25, -0.2) is 0 Å². The number of benzene rings is 2. The first-order chi connectivity index (χ1) is 10.9. The van der Waals surface area contributed by atoms with Crippen molar-refractivity contribution in [1.82, 2.24) is 5.32 Å². The van der Waals surface area contributed by atoms with Crippen molar-refractivity contribution in [3.63, 3.8) is 0 Å². The Kier molecular flexibility index (Phi) is 5.31. The van der Waals surface area contributed by atoms with Crippen LogP contribution in [0.2, 0.25) is 5.02 Å². The van der Waals surface area contributed by atoms with E-state index in [2.05, 4.69) is 5.32 Å². The van der Waals surface area contributed by atoms with E-state index in [4.69, 9.17) is 11.6 Å². The number of hydrogen-bond acceptors (Lipinski definition) is 4. The van der Waals surface area contributed by atoms with Crippen molar-refractivity contribution in [3.8, 4) is 0 Å². The monoisotopic (exact) mass is 334 g/mol. The fourth-order valence-corrected chi connectivity index (χ4v) is 2.49. The molecule has 0 bridgehead atoms. The van der Waals surface area contributed by atoms with E-state index in [-0.39, 0.29) is 17.8 Å². The SMILES string of the molecule is Cc1cccc(C(=O)NCC(O)c2ccccc2Cl)c1[N+](=O)[O-]. The molecule has 0 fully saturated rings. The zero-order chi connectivity index (χ0) is 17.0. The van der Waals surface area contributed by atoms with E-state index in [0.29, 0.717) is 16.1 Å². The average molecular weight is 335 g/mol. The molecule has 0 heterocycles. The lowest BCUT2D eigenvalue weighted by Gasteiger charge is -2.14. The number of nitrogens with zero attached hydrogens (tertiary/aromatic N) is 1. The first kappa shape index (κ1) is 16.9. The highest BCUT2D eigenvalue weighted by Crippen LogP contribution is 2.24. The number of carbonyl (C=O) groups excluding carboxylic acids is 1. The second kappa shape index (κ2) is 7.21. The zero-order valence-corrected chi connectivity index (χ0v) is 13.1. The molecule has 6 nitrogen and oxygen atoms in total. The molecule has 0 aliphatic heterocycles. The summed E-state index contributed by atoms with van der Waals surface area (Å²) in [6.07, 6.45) is -1.00. The van der Waals surface area contributed by atoms with Crippen LogP contribution in [0.5, 0.6) is 0 Å². The third-order valence-electron chi connectivity index (χ3n) is 3.39. The standard InChI is InChI=1S/C16H15ClN2O4/c1-10-5-4-7-12(15(10)19(22)23)16(21)18-9-14(20)11-6-2-3-8-13(11)17/h2-8,14,20H,9H2,1H3,(H,18,21). The van der Waals surface area contributed by atoms with Crippen LogP contribution in [-0.4, -0.2) is 22.5 Å². The molecule has 1 unspecified atom stereocenters. The molecule has 0 radical (unpaired) electrons. The molecule has 2 N–H and O–H groups in total. The van der Waals surface area contributed by atoms with E-state index in [1.165, 1.54) is 6.07 Å². The number of aryl methyl sites for hydroxylation is 1. The molecule has 1 amide bonds. The summed E-state index contributed by atoms with van der Waals surface area (Å²) in [5, 5.41) is 24.1. The van der Waals surface area contributed by atoms with Crippen LogP contribution in [0.1, 0.15) is 27.6 Å². The minimum absolute atomic E-state index is 0.0404. The molecule has 23 heavy (non-hydrogen) atoms. The molecule has 2 aromatic rings. The summed E-state index contributed by atoms with van der Waals surface area (Å²) in [4.78, 5) is 22.7. The molecule has 0 spiro atoms. The van der Waals surface area contributed by atoms with Gasteiger partial charge in [-0.2, -0.15) is 0 Å². The molecule has 0 aliphatic carbocycles. The van der Waals surface area contributed by atoms with Gasteiger partial charge in [-0.3, -0.25) is 14.9 Å². The van der Waals surface area contributed by atoms with Gasteiger partial charge in [0.1, 0.15) is 5.56 Å². The van der Waals surface area contributed by atoms with Crippen LogP contribution in [0.3, 0.4) is 0 Å². The number of hydrogen-bond donors (Lipinski definition) is 2. The second-order valence-electron chi connectivity index (χ2n) is 4.98. The predicted molar refractivity (Wildman–Crippen MR) is 86.6 cm³/mol. The lowest BCUT2D eigenvalue weighted by atomic mass is 10.1. The van der Waals surface area contributed by atoms with Crippen molar-refractivity contribution < 1.29 is 14.8 Å². The second-order valence-corrected chi connectivity index (χ2v) is 5.38. The molecule has 0 saturated heterocycles. The van der Waals surface area contributed by atoms with Gasteiger partial charge in [0.2, 0.25) is 0 Å². The van der Waals surface area contributed by atoms with Crippen LogP contribution < -0.4 is 5.32 Å². The first-order valence-electron chi connectivity index (χ1n) is 6.86. The van der Waals surface area contributed by atoms with Crippen LogP contribution in [0.15, 0.2) is 42.5 Å². The lowest BCUT2D eigenvalue weighted by Crippen LogP contribution is -2.29. The summed E-state index contributed by atoms with van der Waals surface area (Å²) < 4.78 is 0. The third kappa shape index (κ3) is 3.85. The smallest absolute Gasteiger partial charge is 0.285 e. The molecule has 7 heteroatoms. The van der Waals surface area contributed by atoms with Crippen molar-refractivity contribution in [1.29, 1.82) is 0 Å². The molecule has 1 atom stereocenters. The van der Waals surface area contributed by atoms with E-state index in [0.717, 1.165) is 0 Å². The van der Waals surface area contributed by atoms with Crippen LogP contribution >= 0.6 is 11.6 Å². The predicted octanol–water partition coefficient (Wildman–Crippen LogP) is 3.02. The molecular formula is C16H15ClN2O4. The van der Waals surface area contributed by atoms with Gasteiger partial charge < -0.3 is 10.4 Å². The average Bonchev–Trinajstić information content (AvgIpc) is 2.52. The topological polar surface area (TPSA) is 92.5 Å². The molecule has 120 valence electrons. The summed E-state index contributed by atoms with van der Waals surface area (Å²) in [5.74, 6) is -0.619. The van der Waals surface area contributed by atoms with E-state index < -0.39 is 16.9 Å². The Morgan fingerprint density at radius 3 is 2.65 bits per heavy atom. The van der Waals surface area contributed by atoms with E-state index >= 15 is 0 Å². The van der Waals surface area contributed by atoms with Crippen LogP contribution in [0, 0.1) is 17.0 Å². The summed E-state index contributed by atoms with van der Waals surface area (Å²) in [5.41, 5.74) is 0.598. The van der Waals surface area contributed by atoms with Gasteiger partial charge in [-0.05, 0) is 19.1 Å². The number of carbonyl (C=O) groups is 1. The Morgan fingerprint density at radius 2 is 2.00 bits per heavy atom. The van der Waals surface area contributed by atoms with Crippen LogP contribution in [0.4, 0.5) is 5.69 Å². The number of aliphatic hydroxyl groups is 1. The molecule has 0 saturated carbocycles. The van der Waals surface area contributed by atoms with Gasteiger partial charge >= 0.3 is 0 Å². The highest BCUT2D eigenvalue weighted by Gasteiger charge is 2.23. The molecule has 0 aromatic heterocycles. The minimum atomic E-state index is -1.00.